The van der Waals surface area contributed by atoms with E-state index >= 15 is 0 Å². The highest BCUT2D eigenvalue weighted by molar-refractivity contribution is 5.96. The number of carbonyl (C=O) groups excluding carboxylic acids is 2. The molecule has 1 aliphatic rings. The molecule has 1 aromatic carbocycles. The SMILES string of the molecule is CCC(=O)N1C(=O)N(C)C(c2ccccc2)C1C. The molecule has 2 unspecified atom stereocenters. The van der Waals surface area contributed by atoms with Crippen LogP contribution in [0, 0.1) is 0 Å². The number of likely N-dealkylation sites (N-methyl/N-ethyl adjacent to an activating group) is 1. The molecule has 1 aliphatic heterocycles. The number of imide groups is 1. The molecule has 0 N–H and O–H groups in total. The number of urea groups is 1. The second kappa shape index (κ2) is 4.80. The summed E-state index contributed by atoms with van der Waals surface area (Å²) in [6, 6.07) is 9.43. The van der Waals surface area contributed by atoms with Crippen molar-refractivity contribution in [3.8, 4) is 0 Å². The summed E-state index contributed by atoms with van der Waals surface area (Å²) in [4.78, 5) is 27.0. The van der Waals surface area contributed by atoms with Crippen LogP contribution in [0.5, 0.6) is 0 Å². The highest BCUT2D eigenvalue weighted by Crippen LogP contribution is 2.34. The lowest BCUT2D eigenvalue weighted by Crippen LogP contribution is -2.38. The Morgan fingerprint density at radius 3 is 2.44 bits per heavy atom. The van der Waals surface area contributed by atoms with Crippen LogP contribution in [-0.4, -0.2) is 34.8 Å². The van der Waals surface area contributed by atoms with Gasteiger partial charge in [-0.05, 0) is 12.5 Å². The van der Waals surface area contributed by atoms with Gasteiger partial charge >= 0.3 is 6.03 Å². The lowest BCUT2D eigenvalue weighted by molar-refractivity contribution is -0.128. The summed E-state index contributed by atoms with van der Waals surface area (Å²) >= 11 is 0. The van der Waals surface area contributed by atoms with E-state index in [0.717, 1.165) is 5.56 Å². The molecular weight excluding hydrogens is 228 g/mol. The molecule has 4 nitrogen and oxygen atoms in total. The number of hydrogen-bond donors (Lipinski definition) is 0. The Morgan fingerprint density at radius 1 is 1.28 bits per heavy atom. The minimum absolute atomic E-state index is 0.0609. The first-order valence-corrected chi connectivity index (χ1v) is 6.21. The Hall–Kier alpha value is -1.84. The van der Waals surface area contributed by atoms with Crippen molar-refractivity contribution in [2.45, 2.75) is 32.4 Å². The molecule has 18 heavy (non-hydrogen) atoms. The predicted molar refractivity (Wildman–Crippen MR) is 68.9 cm³/mol. The van der Waals surface area contributed by atoms with Gasteiger partial charge in [-0.3, -0.25) is 9.69 Å². The lowest BCUT2D eigenvalue weighted by Gasteiger charge is -2.22. The zero-order valence-corrected chi connectivity index (χ0v) is 11.0. The van der Waals surface area contributed by atoms with E-state index in [4.69, 9.17) is 0 Å². The standard InChI is InChI=1S/C14H18N2O2/c1-4-12(17)16-10(2)13(15(3)14(16)18)11-8-6-5-7-9-11/h5-10,13H,4H2,1-3H3. The van der Waals surface area contributed by atoms with E-state index in [9.17, 15) is 9.59 Å². The van der Waals surface area contributed by atoms with Gasteiger partial charge < -0.3 is 4.90 Å². The quantitative estimate of drug-likeness (QED) is 0.804. The molecular formula is C14H18N2O2. The second-order valence-corrected chi connectivity index (χ2v) is 4.61. The molecule has 2 atom stereocenters. The summed E-state index contributed by atoms with van der Waals surface area (Å²) in [5.41, 5.74) is 1.06. The van der Waals surface area contributed by atoms with Crippen molar-refractivity contribution in [2.75, 3.05) is 7.05 Å². The zero-order chi connectivity index (χ0) is 13.3. The summed E-state index contributed by atoms with van der Waals surface area (Å²) in [6.07, 6.45) is 0.353. The van der Waals surface area contributed by atoms with Crippen LogP contribution in [0.4, 0.5) is 4.79 Å². The summed E-state index contributed by atoms with van der Waals surface area (Å²) in [7, 11) is 1.75. The van der Waals surface area contributed by atoms with Crippen LogP contribution in [0.25, 0.3) is 0 Å². The number of benzene rings is 1. The maximum Gasteiger partial charge on any atom is 0.327 e. The van der Waals surface area contributed by atoms with Crippen LogP contribution in [0.15, 0.2) is 30.3 Å². The number of rotatable bonds is 2. The fourth-order valence-electron chi connectivity index (χ4n) is 2.58. The molecule has 0 aromatic heterocycles. The van der Waals surface area contributed by atoms with Crippen LogP contribution < -0.4 is 0 Å². The number of amides is 3. The van der Waals surface area contributed by atoms with Gasteiger partial charge in [-0.2, -0.15) is 0 Å². The Balaban J connectivity index is 2.34. The van der Waals surface area contributed by atoms with Crippen molar-refractivity contribution in [1.82, 2.24) is 9.80 Å². The third kappa shape index (κ3) is 1.88. The van der Waals surface area contributed by atoms with Gasteiger partial charge in [0.25, 0.3) is 0 Å². The topological polar surface area (TPSA) is 40.6 Å². The van der Waals surface area contributed by atoms with Gasteiger partial charge in [0.2, 0.25) is 5.91 Å². The summed E-state index contributed by atoms with van der Waals surface area (Å²) in [6.45, 7) is 3.70. The van der Waals surface area contributed by atoms with E-state index in [1.54, 1.807) is 18.9 Å². The Bertz CT molecular complexity index is 458. The van der Waals surface area contributed by atoms with Gasteiger partial charge in [-0.15, -0.1) is 0 Å². The molecule has 1 aromatic rings. The molecule has 1 fully saturated rings. The second-order valence-electron chi connectivity index (χ2n) is 4.61. The van der Waals surface area contributed by atoms with Gasteiger partial charge in [0.1, 0.15) is 0 Å². The molecule has 1 saturated heterocycles. The first-order valence-electron chi connectivity index (χ1n) is 6.21. The monoisotopic (exact) mass is 246 g/mol. The summed E-state index contributed by atoms with van der Waals surface area (Å²) < 4.78 is 0. The smallest absolute Gasteiger partial charge is 0.318 e. The van der Waals surface area contributed by atoms with Crippen LogP contribution in [0.3, 0.4) is 0 Å². The molecule has 4 heteroatoms. The molecule has 96 valence electrons. The van der Waals surface area contributed by atoms with E-state index in [1.165, 1.54) is 4.90 Å². The Labute approximate surface area is 107 Å². The molecule has 0 aliphatic carbocycles. The van der Waals surface area contributed by atoms with Crippen molar-refractivity contribution < 1.29 is 9.59 Å². The van der Waals surface area contributed by atoms with Gasteiger partial charge in [0, 0.05) is 13.5 Å². The first-order chi connectivity index (χ1) is 8.57. The fourth-order valence-corrected chi connectivity index (χ4v) is 2.58. The molecule has 0 spiro atoms. The maximum atomic E-state index is 12.1. The van der Waals surface area contributed by atoms with Crippen LogP contribution in [-0.2, 0) is 4.79 Å². The minimum atomic E-state index is -0.205. The normalized spacial score (nSPS) is 23.6. The van der Waals surface area contributed by atoms with Crippen molar-refractivity contribution >= 4 is 11.9 Å². The highest BCUT2D eigenvalue weighted by Gasteiger charge is 2.44. The highest BCUT2D eigenvalue weighted by atomic mass is 16.2. The predicted octanol–water partition coefficient (Wildman–Crippen LogP) is 2.42. The third-order valence-corrected chi connectivity index (χ3v) is 3.50. The van der Waals surface area contributed by atoms with Crippen LogP contribution >= 0.6 is 0 Å². The summed E-state index contributed by atoms with van der Waals surface area (Å²) in [5.74, 6) is -0.113. The van der Waals surface area contributed by atoms with Gasteiger partial charge in [0.15, 0.2) is 0 Å². The third-order valence-electron chi connectivity index (χ3n) is 3.50. The van der Waals surface area contributed by atoms with E-state index < -0.39 is 0 Å². The maximum absolute atomic E-state index is 12.1. The van der Waals surface area contributed by atoms with Crippen molar-refractivity contribution in [1.29, 1.82) is 0 Å². The van der Waals surface area contributed by atoms with E-state index in [1.807, 2.05) is 37.3 Å². The molecule has 0 radical (unpaired) electrons. The molecule has 2 rings (SSSR count). The lowest BCUT2D eigenvalue weighted by atomic mass is 10.0. The van der Waals surface area contributed by atoms with Crippen molar-refractivity contribution in [3.63, 3.8) is 0 Å². The fraction of sp³-hybridized carbons (Fsp3) is 0.429. The average Bonchev–Trinajstić information content (AvgIpc) is 2.61. The van der Waals surface area contributed by atoms with Gasteiger partial charge in [-0.1, -0.05) is 37.3 Å². The van der Waals surface area contributed by atoms with Crippen LogP contribution in [0.2, 0.25) is 0 Å². The molecule has 0 saturated carbocycles. The Kier molecular flexibility index (Phi) is 3.36. The zero-order valence-electron chi connectivity index (χ0n) is 11.0. The number of nitrogens with zero attached hydrogens (tertiary/aromatic N) is 2. The largest absolute Gasteiger partial charge is 0.327 e. The minimum Gasteiger partial charge on any atom is -0.318 e. The van der Waals surface area contributed by atoms with Crippen molar-refractivity contribution in [3.05, 3.63) is 35.9 Å². The van der Waals surface area contributed by atoms with Crippen molar-refractivity contribution in [2.24, 2.45) is 0 Å². The van der Waals surface area contributed by atoms with E-state index in [-0.39, 0.29) is 24.0 Å². The number of hydrogen-bond acceptors (Lipinski definition) is 2. The van der Waals surface area contributed by atoms with Gasteiger partial charge in [-0.25, -0.2) is 4.79 Å². The Morgan fingerprint density at radius 2 is 1.89 bits per heavy atom. The van der Waals surface area contributed by atoms with E-state index in [2.05, 4.69) is 0 Å². The number of carbonyl (C=O) groups is 2. The van der Waals surface area contributed by atoms with Gasteiger partial charge in [0.05, 0.1) is 12.1 Å². The van der Waals surface area contributed by atoms with Crippen LogP contribution in [0.1, 0.15) is 31.9 Å². The molecule has 3 amide bonds. The summed E-state index contributed by atoms with van der Waals surface area (Å²) in [5, 5.41) is 0. The van der Waals surface area contributed by atoms with E-state index in [0.29, 0.717) is 6.42 Å². The molecule has 0 bridgehead atoms. The average molecular weight is 246 g/mol. The molecule has 1 heterocycles. The first kappa shape index (κ1) is 12.6.